The lowest BCUT2D eigenvalue weighted by atomic mass is 10.0. The molecule has 0 aliphatic heterocycles. The van der Waals surface area contributed by atoms with Gasteiger partial charge in [0.2, 0.25) is 0 Å². The molecule has 1 aromatic carbocycles. The van der Waals surface area contributed by atoms with Crippen LogP contribution in [0.3, 0.4) is 0 Å². The second-order valence-corrected chi connectivity index (χ2v) is 4.47. The van der Waals surface area contributed by atoms with E-state index in [0.717, 1.165) is 11.3 Å². The summed E-state index contributed by atoms with van der Waals surface area (Å²) >= 11 is 0. The van der Waals surface area contributed by atoms with Crippen molar-refractivity contribution in [3.8, 4) is 17.2 Å². The minimum atomic E-state index is -0.424. The molecule has 0 spiro atoms. The number of aromatic nitrogens is 2. The minimum absolute atomic E-state index is 0.424. The molecule has 21 heavy (non-hydrogen) atoms. The number of rotatable bonds is 6. The zero-order chi connectivity index (χ0) is 15.4. The van der Waals surface area contributed by atoms with Gasteiger partial charge in [0.15, 0.2) is 17.2 Å². The van der Waals surface area contributed by atoms with E-state index in [1.54, 1.807) is 27.5 Å². The van der Waals surface area contributed by atoms with Crippen LogP contribution in [-0.2, 0) is 6.54 Å². The molecule has 6 nitrogen and oxygen atoms in total. The van der Waals surface area contributed by atoms with Crippen molar-refractivity contribution in [1.29, 1.82) is 0 Å². The Hall–Kier alpha value is -2.21. The summed E-state index contributed by atoms with van der Waals surface area (Å²) in [5.74, 6) is 1.93. The summed E-state index contributed by atoms with van der Waals surface area (Å²) in [4.78, 5) is 0. The number of hydrogen-bond donors (Lipinski definition) is 1. The number of para-hydroxylation sites is 1. The molecule has 0 saturated carbocycles. The van der Waals surface area contributed by atoms with Crippen molar-refractivity contribution < 1.29 is 14.2 Å². The van der Waals surface area contributed by atoms with Gasteiger partial charge in [0.25, 0.3) is 0 Å². The molecule has 1 atom stereocenters. The first kappa shape index (κ1) is 15.2. The number of ether oxygens (including phenoxy) is 3. The molecule has 2 rings (SSSR count). The van der Waals surface area contributed by atoms with E-state index in [1.807, 2.05) is 29.8 Å². The predicted molar refractivity (Wildman–Crippen MR) is 80.0 cm³/mol. The molecule has 0 aliphatic carbocycles. The van der Waals surface area contributed by atoms with Gasteiger partial charge in [-0.05, 0) is 13.0 Å². The summed E-state index contributed by atoms with van der Waals surface area (Å²) < 4.78 is 18.0. The Kier molecular flexibility index (Phi) is 4.70. The molecule has 114 valence electrons. The highest BCUT2D eigenvalue weighted by atomic mass is 16.5. The van der Waals surface area contributed by atoms with Crippen LogP contribution in [0.2, 0.25) is 0 Å². The van der Waals surface area contributed by atoms with Gasteiger partial charge in [0.05, 0.1) is 33.6 Å². The molecule has 1 unspecified atom stereocenters. The highest BCUT2D eigenvalue weighted by Crippen LogP contribution is 2.38. The Morgan fingerprint density at radius 2 is 1.86 bits per heavy atom. The zero-order valence-electron chi connectivity index (χ0n) is 12.8. The number of methoxy groups -OCH3 is 3. The second-order valence-electron chi connectivity index (χ2n) is 4.47. The number of nitrogens with two attached hydrogens (primary N) is 1. The van der Waals surface area contributed by atoms with Crippen molar-refractivity contribution in [1.82, 2.24) is 9.78 Å². The molecule has 0 radical (unpaired) electrons. The Morgan fingerprint density at radius 3 is 2.43 bits per heavy atom. The average Bonchev–Trinajstić information content (AvgIpc) is 2.96. The van der Waals surface area contributed by atoms with E-state index in [0.29, 0.717) is 23.8 Å². The van der Waals surface area contributed by atoms with Crippen molar-refractivity contribution >= 4 is 0 Å². The van der Waals surface area contributed by atoms with Crippen LogP contribution in [0.5, 0.6) is 17.2 Å². The van der Waals surface area contributed by atoms with Crippen molar-refractivity contribution in [3.05, 3.63) is 35.7 Å². The molecular formula is C15H21N3O3. The Morgan fingerprint density at radius 1 is 1.14 bits per heavy atom. The van der Waals surface area contributed by atoms with E-state index >= 15 is 0 Å². The van der Waals surface area contributed by atoms with Crippen molar-refractivity contribution in [3.63, 3.8) is 0 Å². The predicted octanol–water partition coefficient (Wildman–Crippen LogP) is 1.98. The third kappa shape index (κ3) is 2.67. The third-order valence-electron chi connectivity index (χ3n) is 3.43. The van der Waals surface area contributed by atoms with E-state index in [9.17, 15) is 0 Å². The SMILES string of the molecule is CCn1ncc(OC)c1C(N)c1cccc(OC)c1OC. The fraction of sp³-hybridized carbons (Fsp3) is 0.400. The topological polar surface area (TPSA) is 71.5 Å². The van der Waals surface area contributed by atoms with Gasteiger partial charge in [-0.15, -0.1) is 0 Å². The minimum Gasteiger partial charge on any atom is -0.493 e. The number of hydrogen-bond acceptors (Lipinski definition) is 5. The monoisotopic (exact) mass is 291 g/mol. The van der Waals surface area contributed by atoms with Gasteiger partial charge in [0, 0.05) is 12.1 Å². The quantitative estimate of drug-likeness (QED) is 0.881. The van der Waals surface area contributed by atoms with Crippen LogP contribution < -0.4 is 19.9 Å². The zero-order valence-corrected chi connectivity index (χ0v) is 12.8. The molecule has 6 heteroatoms. The van der Waals surface area contributed by atoms with Crippen molar-refractivity contribution in [2.75, 3.05) is 21.3 Å². The van der Waals surface area contributed by atoms with E-state index in [-0.39, 0.29) is 0 Å². The molecule has 2 N–H and O–H groups in total. The van der Waals surface area contributed by atoms with Crippen LogP contribution in [0.1, 0.15) is 24.2 Å². The van der Waals surface area contributed by atoms with Gasteiger partial charge in [-0.3, -0.25) is 4.68 Å². The van der Waals surface area contributed by atoms with Gasteiger partial charge < -0.3 is 19.9 Å². The molecule has 0 bridgehead atoms. The Labute approximate surface area is 124 Å². The fourth-order valence-electron chi connectivity index (χ4n) is 2.40. The maximum Gasteiger partial charge on any atom is 0.165 e. The first-order valence-electron chi connectivity index (χ1n) is 6.74. The Balaban J connectivity index is 2.54. The van der Waals surface area contributed by atoms with E-state index in [4.69, 9.17) is 19.9 Å². The van der Waals surface area contributed by atoms with Crippen LogP contribution in [0, 0.1) is 0 Å². The number of benzene rings is 1. The molecule has 0 fully saturated rings. The summed E-state index contributed by atoms with van der Waals surface area (Å²) in [5.41, 5.74) is 8.07. The molecule has 1 heterocycles. The summed E-state index contributed by atoms with van der Waals surface area (Å²) in [7, 11) is 4.81. The molecule has 1 aromatic heterocycles. The van der Waals surface area contributed by atoms with E-state index in [2.05, 4.69) is 5.10 Å². The summed E-state index contributed by atoms with van der Waals surface area (Å²) in [6, 6.07) is 5.21. The fourth-order valence-corrected chi connectivity index (χ4v) is 2.40. The van der Waals surface area contributed by atoms with Crippen LogP contribution in [-0.4, -0.2) is 31.1 Å². The van der Waals surface area contributed by atoms with Gasteiger partial charge in [0.1, 0.15) is 5.69 Å². The van der Waals surface area contributed by atoms with Crippen LogP contribution in [0.4, 0.5) is 0 Å². The smallest absolute Gasteiger partial charge is 0.165 e. The van der Waals surface area contributed by atoms with E-state index < -0.39 is 6.04 Å². The van der Waals surface area contributed by atoms with Crippen LogP contribution in [0.25, 0.3) is 0 Å². The number of aryl methyl sites for hydroxylation is 1. The molecule has 0 saturated heterocycles. The highest BCUT2D eigenvalue weighted by molar-refractivity contribution is 5.51. The molecule has 0 aliphatic rings. The second kappa shape index (κ2) is 6.49. The van der Waals surface area contributed by atoms with Crippen molar-refractivity contribution in [2.45, 2.75) is 19.5 Å². The standard InChI is InChI=1S/C15H21N3O3/c1-5-18-14(12(20-3)9-17-18)13(16)10-7-6-8-11(19-2)15(10)21-4/h6-9,13H,5,16H2,1-4H3. The van der Waals surface area contributed by atoms with Gasteiger partial charge in [-0.2, -0.15) is 5.10 Å². The largest absolute Gasteiger partial charge is 0.493 e. The number of nitrogens with zero attached hydrogens (tertiary/aromatic N) is 2. The molecule has 2 aromatic rings. The summed E-state index contributed by atoms with van der Waals surface area (Å²) in [6.07, 6.45) is 1.67. The van der Waals surface area contributed by atoms with E-state index in [1.165, 1.54) is 0 Å². The normalized spacial score (nSPS) is 12.0. The summed E-state index contributed by atoms with van der Waals surface area (Å²) in [5, 5.41) is 4.29. The van der Waals surface area contributed by atoms with Gasteiger partial charge in [-0.1, -0.05) is 12.1 Å². The maximum atomic E-state index is 6.44. The first-order chi connectivity index (χ1) is 10.2. The van der Waals surface area contributed by atoms with Crippen molar-refractivity contribution in [2.24, 2.45) is 5.73 Å². The van der Waals surface area contributed by atoms with Crippen LogP contribution >= 0.6 is 0 Å². The maximum absolute atomic E-state index is 6.44. The molecule has 0 amide bonds. The molecular weight excluding hydrogens is 270 g/mol. The third-order valence-corrected chi connectivity index (χ3v) is 3.43. The van der Waals surface area contributed by atoms with Gasteiger partial charge >= 0.3 is 0 Å². The Bertz CT molecular complexity index is 589. The highest BCUT2D eigenvalue weighted by Gasteiger charge is 2.24. The lowest BCUT2D eigenvalue weighted by Crippen LogP contribution is -2.19. The first-order valence-corrected chi connectivity index (χ1v) is 6.74. The lowest BCUT2D eigenvalue weighted by Gasteiger charge is -2.19. The van der Waals surface area contributed by atoms with Crippen LogP contribution in [0.15, 0.2) is 24.4 Å². The average molecular weight is 291 g/mol. The van der Waals surface area contributed by atoms with Gasteiger partial charge in [-0.25, -0.2) is 0 Å². The summed E-state index contributed by atoms with van der Waals surface area (Å²) in [6.45, 7) is 2.71. The lowest BCUT2D eigenvalue weighted by molar-refractivity contribution is 0.349.